The molecule has 142 valence electrons. The molecule has 0 aliphatic heterocycles. The summed E-state index contributed by atoms with van der Waals surface area (Å²) in [5, 5.41) is 0. The highest BCUT2D eigenvalue weighted by Gasteiger charge is 2.34. The van der Waals surface area contributed by atoms with Crippen LogP contribution in [0.5, 0.6) is 0 Å². The number of benzene rings is 2. The number of alkyl halides is 3. The lowest BCUT2D eigenvalue weighted by atomic mass is 10.0. The van der Waals surface area contributed by atoms with Crippen LogP contribution >= 0.6 is 15.9 Å². The Labute approximate surface area is 160 Å². The molecule has 0 bridgehead atoms. The molecule has 0 aromatic heterocycles. The highest BCUT2D eigenvalue weighted by Crippen LogP contribution is 2.38. The molecule has 0 heterocycles. The summed E-state index contributed by atoms with van der Waals surface area (Å²) < 4.78 is 53.8. The van der Waals surface area contributed by atoms with Crippen LogP contribution in [-0.2, 0) is 24.1 Å². The summed E-state index contributed by atoms with van der Waals surface area (Å²) in [5.41, 5.74) is 1.74. The molecule has 5 heteroatoms. The minimum Gasteiger partial charge on any atom is -0.206 e. The van der Waals surface area contributed by atoms with Gasteiger partial charge in [-0.05, 0) is 83.3 Å². The van der Waals surface area contributed by atoms with E-state index in [1.54, 1.807) is 0 Å². The zero-order valence-corrected chi connectivity index (χ0v) is 16.4. The van der Waals surface area contributed by atoms with Crippen LogP contribution in [0.15, 0.2) is 36.4 Å². The second-order valence-electron chi connectivity index (χ2n) is 6.56. The van der Waals surface area contributed by atoms with E-state index < -0.39 is 22.0 Å². The van der Waals surface area contributed by atoms with E-state index in [0.29, 0.717) is 12.0 Å². The Kier molecular flexibility index (Phi) is 7.69. The Balaban J connectivity index is 1.85. The molecule has 0 aliphatic rings. The van der Waals surface area contributed by atoms with Gasteiger partial charge in [0.25, 0.3) is 0 Å². The van der Waals surface area contributed by atoms with Gasteiger partial charge in [-0.25, -0.2) is 8.78 Å². The molecule has 0 radical (unpaired) electrons. The molecular weight excluding hydrogens is 408 g/mol. The lowest BCUT2D eigenvalue weighted by Crippen LogP contribution is -2.10. The molecule has 26 heavy (non-hydrogen) atoms. The maximum Gasteiger partial charge on any atom is 0.332 e. The number of aryl methyl sites for hydroxylation is 3. The number of hydrogen-bond acceptors (Lipinski definition) is 0. The van der Waals surface area contributed by atoms with Crippen LogP contribution in [0.4, 0.5) is 17.6 Å². The van der Waals surface area contributed by atoms with Gasteiger partial charge in [0.05, 0.1) is 0 Å². The Morgan fingerprint density at radius 1 is 0.769 bits per heavy atom. The van der Waals surface area contributed by atoms with E-state index in [1.165, 1.54) is 24.0 Å². The Hall–Kier alpha value is -1.36. The summed E-state index contributed by atoms with van der Waals surface area (Å²) in [6.07, 6.45) is 6.41. The molecule has 0 spiro atoms. The maximum absolute atomic E-state index is 13.8. The molecule has 0 aliphatic carbocycles. The topological polar surface area (TPSA) is 0 Å². The average Bonchev–Trinajstić information content (AvgIpc) is 2.56. The quantitative estimate of drug-likeness (QED) is 0.222. The van der Waals surface area contributed by atoms with Crippen molar-refractivity contribution in [2.45, 2.75) is 56.7 Å². The predicted octanol–water partition coefficient (Wildman–Crippen LogP) is 7.32. The summed E-state index contributed by atoms with van der Waals surface area (Å²) in [7, 11) is 0. The zero-order chi connectivity index (χ0) is 19.2. The third-order valence-electron chi connectivity index (χ3n) is 4.41. The van der Waals surface area contributed by atoms with Crippen molar-refractivity contribution in [1.29, 1.82) is 0 Å². The number of rotatable bonds is 9. The second kappa shape index (κ2) is 9.54. The fraction of sp³-hybridized carbons (Fsp3) is 0.429. The van der Waals surface area contributed by atoms with Crippen LogP contribution in [0.1, 0.15) is 54.9 Å². The van der Waals surface area contributed by atoms with E-state index in [0.717, 1.165) is 37.8 Å². The zero-order valence-electron chi connectivity index (χ0n) is 14.8. The summed E-state index contributed by atoms with van der Waals surface area (Å²) in [6, 6.07) is 10.5. The summed E-state index contributed by atoms with van der Waals surface area (Å²) in [4.78, 5) is -3.71. The molecule has 0 saturated heterocycles. The van der Waals surface area contributed by atoms with E-state index in [2.05, 4.69) is 31.2 Å². The number of halogens is 5. The monoisotopic (exact) mass is 430 g/mol. The summed E-state index contributed by atoms with van der Waals surface area (Å²) in [5.74, 6) is -2.44. The van der Waals surface area contributed by atoms with Crippen molar-refractivity contribution < 1.29 is 17.6 Å². The molecule has 0 N–H and O–H groups in total. The first-order valence-electron chi connectivity index (χ1n) is 8.94. The standard InChI is InChI=1S/C21H23BrF4/c1-2-3-6-15-9-11-16(12-10-15)7-4-5-8-17-13-18(23)20(19(24)14-17)21(22,25)26/h9-14H,2-8H2,1H3. The van der Waals surface area contributed by atoms with Gasteiger partial charge in [-0.2, -0.15) is 8.78 Å². The lowest BCUT2D eigenvalue weighted by Gasteiger charge is -2.12. The van der Waals surface area contributed by atoms with Gasteiger partial charge >= 0.3 is 4.83 Å². The average molecular weight is 431 g/mol. The molecule has 2 rings (SSSR count). The van der Waals surface area contributed by atoms with Gasteiger partial charge in [-0.15, -0.1) is 0 Å². The van der Waals surface area contributed by atoms with E-state index in [4.69, 9.17) is 0 Å². The van der Waals surface area contributed by atoms with Gasteiger partial charge in [-0.1, -0.05) is 37.6 Å². The van der Waals surface area contributed by atoms with E-state index in [-0.39, 0.29) is 0 Å². The highest BCUT2D eigenvalue weighted by molar-refractivity contribution is 9.09. The van der Waals surface area contributed by atoms with Crippen LogP contribution in [-0.4, -0.2) is 0 Å². The summed E-state index contributed by atoms with van der Waals surface area (Å²) in [6.45, 7) is 2.17. The maximum atomic E-state index is 13.8. The first-order chi connectivity index (χ1) is 12.3. The van der Waals surface area contributed by atoms with Gasteiger partial charge in [0.1, 0.15) is 17.2 Å². The third kappa shape index (κ3) is 6.11. The smallest absolute Gasteiger partial charge is 0.206 e. The molecule has 0 saturated carbocycles. The first kappa shape index (κ1) is 20.9. The Bertz CT molecular complexity index is 682. The van der Waals surface area contributed by atoms with Gasteiger partial charge in [0, 0.05) is 0 Å². The van der Waals surface area contributed by atoms with Gasteiger partial charge in [0.15, 0.2) is 0 Å². The van der Waals surface area contributed by atoms with Gasteiger partial charge in [-0.3, -0.25) is 0 Å². The molecule has 2 aromatic rings. The van der Waals surface area contributed by atoms with E-state index in [1.807, 2.05) is 15.9 Å². The van der Waals surface area contributed by atoms with E-state index >= 15 is 0 Å². The molecule has 0 nitrogen and oxygen atoms in total. The molecule has 0 fully saturated rings. The Morgan fingerprint density at radius 2 is 1.19 bits per heavy atom. The summed E-state index contributed by atoms with van der Waals surface area (Å²) >= 11 is 2.01. The van der Waals surface area contributed by atoms with Crippen LogP contribution in [0.2, 0.25) is 0 Å². The highest BCUT2D eigenvalue weighted by atomic mass is 79.9. The molecule has 0 amide bonds. The second-order valence-corrected chi connectivity index (χ2v) is 7.56. The van der Waals surface area contributed by atoms with Crippen LogP contribution in [0.25, 0.3) is 0 Å². The number of unbranched alkanes of at least 4 members (excludes halogenated alkanes) is 2. The van der Waals surface area contributed by atoms with Crippen molar-refractivity contribution in [1.82, 2.24) is 0 Å². The number of hydrogen-bond donors (Lipinski definition) is 0. The van der Waals surface area contributed by atoms with Crippen molar-refractivity contribution in [3.8, 4) is 0 Å². The fourth-order valence-corrected chi connectivity index (χ4v) is 3.33. The largest absolute Gasteiger partial charge is 0.332 e. The predicted molar refractivity (Wildman–Crippen MR) is 101 cm³/mol. The SMILES string of the molecule is CCCCc1ccc(CCCCc2cc(F)c(C(F)(F)Br)c(F)c2)cc1. The first-order valence-corrected chi connectivity index (χ1v) is 9.73. The normalized spacial score (nSPS) is 11.8. The third-order valence-corrected chi connectivity index (χ3v) is 4.80. The molecule has 0 unspecified atom stereocenters. The van der Waals surface area contributed by atoms with Crippen LogP contribution < -0.4 is 0 Å². The minimum absolute atomic E-state index is 0.399. The van der Waals surface area contributed by atoms with Gasteiger partial charge < -0.3 is 0 Å². The lowest BCUT2D eigenvalue weighted by molar-refractivity contribution is 0.105. The van der Waals surface area contributed by atoms with Crippen molar-refractivity contribution in [3.63, 3.8) is 0 Å². The molecule has 2 aromatic carbocycles. The van der Waals surface area contributed by atoms with Crippen molar-refractivity contribution >= 4 is 15.9 Å². The molecular formula is C21H23BrF4. The molecule has 0 atom stereocenters. The van der Waals surface area contributed by atoms with Gasteiger partial charge in [0.2, 0.25) is 0 Å². The minimum atomic E-state index is -3.71. The Morgan fingerprint density at radius 3 is 1.62 bits per heavy atom. The van der Waals surface area contributed by atoms with E-state index in [9.17, 15) is 17.6 Å². The van der Waals surface area contributed by atoms with Crippen LogP contribution in [0.3, 0.4) is 0 Å². The van der Waals surface area contributed by atoms with Crippen molar-refractivity contribution in [2.24, 2.45) is 0 Å². The van der Waals surface area contributed by atoms with Crippen LogP contribution in [0, 0.1) is 11.6 Å². The van der Waals surface area contributed by atoms with Crippen molar-refractivity contribution in [2.75, 3.05) is 0 Å². The fourth-order valence-electron chi connectivity index (χ4n) is 2.95. The van der Waals surface area contributed by atoms with Crippen molar-refractivity contribution in [3.05, 3.63) is 70.3 Å².